The predicted molar refractivity (Wildman–Crippen MR) is 101 cm³/mol. The van der Waals surface area contributed by atoms with Crippen LogP contribution >= 0.6 is 0 Å². The molecule has 0 spiro atoms. The summed E-state index contributed by atoms with van der Waals surface area (Å²) in [6, 6.07) is 5.67. The molecule has 1 aliphatic rings. The van der Waals surface area contributed by atoms with Gasteiger partial charge in [0.2, 0.25) is 0 Å². The molecular formula is C18H28F3N5O. The lowest BCUT2D eigenvalue weighted by molar-refractivity contribution is -0.274. The third-order valence-corrected chi connectivity index (χ3v) is 4.59. The molecule has 27 heavy (non-hydrogen) atoms. The second-order valence-electron chi connectivity index (χ2n) is 7.07. The summed E-state index contributed by atoms with van der Waals surface area (Å²) >= 11 is 0. The molecular weight excluding hydrogens is 359 g/mol. The van der Waals surface area contributed by atoms with Crippen molar-refractivity contribution < 1.29 is 17.9 Å². The zero-order valence-corrected chi connectivity index (χ0v) is 16.0. The summed E-state index contributed by atoms with van der Waals surface area (Å²) in [5.41, 5.74) is 6.49. The number of rotatable bonds is 6. The minimum absolute atomic E-state index is 0.235. The minimum Gasteiger partial charge on any atom is -0.406 e. The Kier molecular flexibility index (Phi) is 7.32. The van der Waals surface area contributed by atoms with Crippen LogP contribution in [0.25, 0.3) is 0 Å². The molecule has 0 aliphatic carbocycles. The van der Waals surface area contributed by atoms with Crippen molar-refractivity contribution in [3.8, 4) is 5.75 Å². The number of halogens is 3. The summed E-state index contributed by atoms with van der Waals surface area (Å²) in [4.78, 5) is 9.17. The van der Waals surface area contributed by atoms with Crippen LogP contribution in [-0.4, -0.2) is 67.9 Å². The Morgan fingerprint density at radius 3 is 2.30 bits per heavy atom. The quantitative estimate of drug-likeness (QED) is 0.580. The molecule has 0 aromatic heterocycles. The Morgan fingerprint density at radius 1 is 1.19 bits per heavy atom. The van der Waals surface area contributed by atoms with Crippen LogP contribution < -0.4 is 15.8 Å². The molecule has 0 bridgehead atoms. The zero-order valence-electron chi connectivity index (χ0n) is 16.0. The number of anilines is 1. The van der Waals surface area contributed by atoms with Crippen LogP contribution in [0, 0.1) is 5.92 Å². The van der Waals surface area contributed by atoms with Gasteiger partial charge in [-0.2, -0.15) is 0 Å². The zero-order chi connectivity index (χ0) is 20.0. The van der Waals surface area contributed by atoms with Gasteiger partial charge in [-0.25, -0.2) is 0 Å². The molecule has 1 aliphatic heterocycles. The molecule has 1 unspecified atom stereocenters. The Hall–Kier alpha value is -2.00. The highest BCUT2D eigenvalue weighted by atomic mass is 19.4. The smallest absolute Gasteiger partial charge is 0.406 e. The lowest BCUT2D eigenvalue weighted by atomic mass is 10.0. The summed E-state index contributed by atoms with van der Waals surface area (Å²) in [7, 11) is 2.12. The van der Waals surface area contributed by atoms with E-state index < -0.39 is 6.36 Å². The van der Waals surface area contributed by atoms with Gasteiger partial charge in [0.15, 0.2) is 5.96 Å². The van der Waals surface area contributed by atoms with Gasteiger partial charge in [-0.3, -0.25) is 9.89 Å². The SMILES string of the molecule is CC(C)C(CN=C(N)Nc1ccc(OC(F)(F)F)cc1)N1CCN(C)CC1. The first kappa shape index (κ1) is 21.3. The number of ether oxygens (including phenoxy) is 1. The van der Waals surface area contributed by atoms with Gasteiger partial charge in [-0.15, -0.1) is 13.2 Å². The second-order valence-corrected chi connectivity index (χ2v) is 7.07. The molecule has 0 amide bonds. The Bertz CT molecular complexity index is 610. The standard InChI is InChI=1S/C18H28F3N5O/c1-13(2)16(26-10-8-25(3)9-11-26)12-23-17(22)24-14-4-6-15(7-5-14)27-18(19,20)21/h4-7,13,16H,8-12H2,1-3H3,(H3,22,23,24). The number of alkyl halides is 3. The first-order valence-corrected chi connectivity index (χ1v) is 8.99. The van der Waals surface area contributed by atoms with Crippen LogP contribution in [0.2, 0.25) is 0 Å². The summed E-state index contributed by atoms with van der Waals surface area (Å²) in [5, 5.41) is 2.90. The van der Waals surface area contributed by atoms with Gasteiger partial charge in [-0.05, 0) is 37.2 Å². The van der Waals surface area contributed by atoms with E-state index in [4.69, 9.17) is 5.73 Å². The monoisotopic (exact) mass is 387 g/mol. The first-order chi connectivity index (χ1) is 12.6. The number of hydrogen-bond donors (Lipinski definition) is 2. The highest BCUT2D eigenvalue weighted by molar-refractivity contribution is 5.92. The summed E-state index contributed by atoms with van der Waals surface area (Å²) in [5.74, 6) is 0.390. The van der Waals surface area contributed by atoms with Crippen molar-refractivity contribution in [3.63, 3.8) is 0 Å². The summed E-state index contributed by atoms with van der Waals surface area (Å²) < 4.78 is 40.4. The van der Waals surface area contributed by atoms with Crippen molar-refractivity contribution in [1.82, 2.24) is 9.80 Å². The molecule has 1 fully saturated rings. The maximum Gasteiger partial charge on any atom is 0.573 e. The molecule has 1 heterocycles. The maximum atomic E-state index is 12.2. The first-order valence-electron chi connectivity index (χ1n) is 8.99. The molecule has 1 atom stereocenters. The summed E-state index contributed by atoms with van der Waals surface area (Å²) in [6.07, 6.45) is -4.70. The lowest BCUT2D eigenvalue weighted by Gasteiger charge is -2.39. The van der Waals surface area contributed by atoms with Crippen LogP contribution in [0.15, 0.2) is 29.3 Å². The average Bonchev–Trinajstić information content (AvgIpc) is 2.57. The molecule has 1 aromatic rings. The van der Waals surface area contributed by atoms with Crippen LogP contribution in [0.1, 0.15) is 13.8 Å². The third kappa shape index (κ3) is 7.26. The normalized spacial score (nSPS) is 18.6. The van der Waals surface area contributed by atoms with Crippen LogP contribution in [0.5, 0.6) is 5.75 Å². The molecule has 1 aromatic carbocycles. The Labute approximate surface area is 158 Å². The van der Waals surface area contributed by atoms with Crippen molar-refractivity contribution in [1.29, 1.82) is 0 Å². The van der Waals surface area contributed by atoms with Crippen LogP contribution in [-0.2, 0) is 0 Å². The number of guanidine groups is 1. The average molecular weight is 387 g/mol. The molecule has 6 nitrogen and oxygen atoms in total. The van der Waals surface area contributed by atoms with E-state index >= 15 is 0 Å². The second kappa shape index (κ2) is 9.27. The molecule has 3 N–H and O–H groups in total. The van der Waals surface area contributed by atoms with E-state index in [1.54, 1.807) is 0 Å². The van der Waals surface area contributed by atoms with Crippen LogP contribution in [0.4, 0.5) is 18.9 Å². The van der Waals surface area contributed by atoms with Crippen LogP contribution in [0.3, 0.4) is 0 Å². The van der Waals surface area contributed by atoms with Crippen molar-refractivity contribution in [2.45, 2.75) is 26.3 Å². The number of nitrogens with zero attached hydrogens (tertiary/aromatic N) is 3. The molecule has 2 rings (SSSR count). The fourth-order valence-electron chi connectivity index (χ4n) is 3.02. The predicted octanol–water partition coefficient (Wildman–Crippen LogP) is 2.58. The van der Waals surface area contributed by atoms with E-state index in [-0.39, 0.29) is 11.7 Å². The minimum atomic E-state index is -4.70. The lowest BCUT2D eigenvalue weighted by Crippen LogP contribution is -2.51. The molecule has 9 heteroatoms. The van der Waals surface area contributed by atoms with Crippen molar-refractivity contribution >= 4 is 11.6 Å². The van der Waals surface area contributed by atoms with Gasteiger partial charge in [0, 0.05) is 37.9 Å². The number of hydrogen-bond acceptors (Lipinski definition) is 4. The highest BCUT2D eigenvalue weighted by Crippen LogP contribution is 2.23. The fraction of sp³-hybridized carbons (Fsp3) is 0.611. The van der Waals surface area contributed by atoms with Gasteiger partial charge >= 0.3 is 6.36 Å². The maximum absolute atomic E-state index is 12.2. The molecule has 0 radical (unpaired) electrons. The molecule has 1 saturated heterocycles. The summed E-state index contributed by atoms with van der Waals surface area (Å²) in [6.45, 7) is 8.98. The van der Waals surface area contributed by atoms with E-state index in [2.05, 4.69) is 45.7 Å². The topological polar surface area (TPSA) is 66.1 Å². The van der Waals surface area contributed by atoms with Crippen molar-refractivity contribution in [2.75, 3.05) is 45.1 Å². The van der Waals surface area contributed by atoms with Gasteiger partial charge in [0.1, 0.15) is 5.75 Å². The molecule has 152 valence electrons. The van der Waals surface area contributed by atoms with E-state index in [9.17, 15) is 13.2 Å². The third-order valence-electron chi connectivity index (χ3n) is 4.59. The number of nitrogens with one attached hydrogen (secondary N) is 1. The van der Waals surface area contributed by atoms with E-state index in [0.717, 1.165) is 26.2 Å². The highest BCUT2D eigenvalue weighted by Gasteiger charge is 2.31. The van der Waals surface area contributed by atoms with Crippen molar-refractivity contribution in [2.24, 2.45) is 16.6 Å². The van der Waals surface area contributed by atoms with Gasteiger partial charge in [0.25, 0.3) is 0 Å². The number of benzene rings is 1. The fourth-order valence-corrected chi connectivity index (χ4v) is 3.02. The van der Waals surface area contributed by atoms with Gasteiger partial charge < -0.3 is 20.7 Å². The van der Waals surface area contributed by atoms with E-state index in [1.165, 1.54) is 24.3 Å². The van der Waals surface area contributed by atoms with Gasteiger partial charge in [-0.1, -0.05) is 13.8 Å². The number of likely N-dealkylation sites (N-methyl/N-ethyl adjacent to an activating group) is 1. The van der Waals surface area contributed by atoms with Gasteiger partial charge in [0.05, 0.1) is 6.54 Å². The van der Waals surface area contributed by atoms with Crippen molar-refractivity contribution in [3.05, 3.63) is 24.3 Å². The van der Waals surface area contributed by atoms with E-state index in [0.29, 0.717) is 24.2 Å². The number of nitrogens with two attached hydrogens (primary N) is 1. The number of piperazine rings is 1. The largest absolute Gasteiger partial charge is 0.573 e. The van der Waals surface area contributed by atoms with E-state index in [1.807, 2.05) is 0 Å². The Balaban J connectivity index is 1.91. The Morgan fingerprint density at radius 2 is 1.78 bits per heavy atom. The molecule has 0 saturated carbocycles. The number of aliphatic imine (C=N–C) groups is 1.